The lowest BCUT2D eigenvalue weighted by Crippen LogP contribution is -2.24. The molecule has 0 unspecified atom stereocenters. The normalized spacial score (nSPS) is 11.2. The van der Waals surface area contributed by atoms with Gasteiger partial charge in [-0.2, -0.15) is 5.10 Å². The van der Waals surface area contributed by atoms with Crippen molar-refractivity contribution in [3.05, 3.63) is 76.3 Å². The SMILES string of the molecule is CCCN(CCC)c1ccc(/C=N/NC(=O)Cc2ccc(Br)c3ccccc23)cc1. The molecule has 0 bridgehead atoms. The fourth-order valence-corrected chi connectivity index (χ4v) is 4.03. The summed E-state index contributed by atoms with van der Waals surface area (Å²) in [6, 6.07) is 20.3. The third kappa shape index (κ3) is 5.70. The van der Waals surface area contributed by atoms with Gasteiger partial charge in [0.2, 0.25) is 5.91 Å². The number of carbonyl (C=O) groups is 1. The Morgan fingerprint density at radius 3 is 2.30 bits per heavy atom. The van der Waals surface area contributed by atoms with E-state index < -0.39 is 0 Å². The molecular weight excluding hydrogens is 438 g/mol. The monoisotopic (exact) mass is 465 g/mol. The Balaban J connectivity index is 1.60. The lowest BCUT2D eigenvalue weighted by molar-refractivity contribution is -0.120. The standard InChI is InChI=1S/C25H28BrN3O/c1-3-15-29(16-4-2)21-12-9-19(10-13-21)18-27-28-25(30)17-20-11-14-24(26)23-8-6-5-7-22(20)23/h5-14,18H,3-4,15-17H2,1-2H3,(H,28,30)/b27-18+. The fourth-order valence-electron chi connectivity index (χ4n) is 3.55. The van der Waals surface area contributed by atoms with Crippen LogP contribution in [-0.4, -0.2) is 25.2 Å². The van der Waals surface area contributed by atoms with Crippen LogP contribution >= 0.6 is 15.9 Å². The zero-order valence-corrected chi connectivity index (χ0v) is 19.2. The number of benzene rings is 3. The summed E-state index contributed by atoms with van der Waals surface area (Å²) in [4.78, 5) is 14.8. The Bertz CT molecular complexity index is 1010. The number of nitrogens with zero attached hydrogens (tertiary/aromatic N) is 2. The largest absolute Gasteiger partial charge is 0.372 e. The molecule has 0 saturated carbocycles. The summed E-state index contributed by atoms with van der Waals surface area (Å²) in [6.07, 6.45) is 4.23. The van der Waals surface area contributed by atoms with Gasteiger partial charge < -0.3 is 4.90 Å². The average molecular weight is 466 g/mol. The topological polar surface area (TPSA) is 44.7 Å². The van der Waals surface area contributed by atoms with Crippen molar-refractivity contribution in [3.63, 3.8) is 0 Å². The molecule has 0 heterocycles. The van der Waals surface area contributed by atoms with Crippen molar-refractivity contribution in [2.24, 2.45) is 5.10 Å². The van der Waals surface area contributed by atoms with Crippen molar-refractivity contribution in [2.45, 2.75) is 33.1 Å². The van der Waals surface area contributed by atoms with Gasteiger partial charge in [0.15, 0.2) is 0 Å². The first-order valence-electron chi connectivity index (χ1n) is 10.5. The van der Waals surface area contributed by atoms with Crippen LogP contribution in [0.3, 0.4) is 0 Å². The summed E-state index contributed by atoms with van der Waals surface area (Å²) < 4.78 is 1.03. The van der Waals surface area contributed by atoms with E-state index in [2.05, 4.69) is 57.3 Å². The molecule has 0 aliphatic heterocycles. The van der Waals surface area contributed by atoms with Crippen LogP contribution in [0.1, 0.15) is 37.8 Å². The van der Waals surface area contributed by atoms with Gasteiger partial charge >= 0.3 is 0 Å². The second-order valence-electron chi connectivity index (χ2n) is 7.30. The summed E-state index contributed by atoms with van der Waals surface area (Å²) >= 11 is 3.57. The summed E-state index contributed by atoms with van der Waals surface area (Å²) in [5, 5.41) is 6.31. The molecule has 1 amide bonds. The van der Waals surface area contributed by atoms with E-state index in [1.807, 2.05) is 48.5 Å². The first kappa shape index (κ1) is 22.0. The van der Waals surface area contributed by atoms with Gasteiger partial charge in [-0.15, -0.1) is 0 Å². The van der Waals surface area contributed by atoms with Gasteiger partial charge in [0, 0.05) is 23.2 Å². The van der Waals surface area contributed by atoms with Crippen molar-refractivity contribution < 1.29 is 4.79 Å². The van der Waals surface area contributed by atoms with Crippen molar-refractivity contribution in [1.82, 2.24) is 5.43 Å². The predicted octanol–water partition coefficient (Wildman–Crippen LogP) is 5.92. The van der Waals surface area contributed by atoms with Crippen molar-refractivity contribution in [2.75, 3.05) is 18.0 Å². The van der Waals surface area contributed by atoms with Crippen LogP contribution < -0.4 is 10.3 Å². The number of halogens is 1. The molecule has 3 aromatic carbocycles. The number of fused-ring (bicyclic) bond motifs is 1. The minimum atomic E-state index is -0.132. The highest BCUT2D eigenvalue weighted by Crippen LogP contribution is 2.27. The van der Waals surface area contributed by atoms with E-state index in [-0.39, 0.29) is 12.3 Å². The van der Waals surface area contributed by atoms with Gasteiger partial charge in [0.05, 0.1) is 12.6 Å². The molecule has 0 radical (unpaired) electrons. The maximum Gasteiger partial charge on any atom is 0.244 e. The zero-order valence-electron chi connectivity index (χ0n) is 17.6. The van der Waals surface area contributed by atoms with Crippen LogP contribution in [0.5, 0.6) is 0 Å². The molecule has 3 aromatic rings. The molecule has 1 N–H and O–H groups in total. The Kier molecular flexibility index (Phi) is 8.03. The number of anilines is 1. The molecule has 0 spiro atoms. The second kappa shape index (κ2) is 10.9. The van der Waals surface area contributed by atoms with E-state index in [0.717, 1.165) is 52.3 Å². The first-order valence-corrected chi connectivity index (χ1v) is 11.2. The van der Waals surface area contributed by atoms with Gasteiger partial charge in [-0.05, 0) is 52.9 Å². The van der Waals surface area contributed by atoms with E-state index in [0.29, 0.717) is 0 Å². The van der Waals surface area contributed by atoms with Gasteiger partial charge in [0.25, 0.3) is 0 Å². The number of rotatable bonds is 9. The molecule has 3 rings (SSSR count). The van der Waals surface area contributed by atoms with E-state index >= 15 is 0 Å². The van der Waals surface area contributed by atoms with Gasteiger partial charge in [-0.1, -0.05) is 72.2 Å². The smallest absolute Gasteiger partial charge is 0.244 e. The molecular formula is C25H28BrN3O. The van der Waals surface area contributed by atoms with Crippen LogP contribution in [0.2, 0.25) is 0 Å². The summed E-state index contributed by atoms with van der Waals surface area (Å²) in [7, 11) is 0. The number of carbonyl (C=O) groups excluding carboxylic acids is 1. The predicted molar refractivity (Wildman–Crippen MR) is 130 cm³/mol. The lowest BCUT2D eigenvalue weighted by Gasteiger charge is -2.23. The summed E-state index contributed by atoms with van der Waals surface area (Å²) in [5.74, 6) is -0.132. The first-order chi connectivity index (χ1) is 14.6. The zero-order chi connectivity index (χ0) is 21.3. The molecule has 0 atom stereocenters. The van der Waals surface area contributed by atoms with E-state index in [1.165, 1.54) is 5.69 Å². The van der Waals surface area contributed by atoms with E-state index in [1.54, 1.807) is 6.21 Å². The quantitative estimate of drug-likeness (QED) is 0.314. The molecule has 0 aliphatic rings. The molecule has 0 fully saturated rings. The minimum absolute atomic E-state index is 0.132. The highest BCUT2D eigenvalue weighted by molar-refractivity contribution is 9.10. The van der Waals surface area contributed by atoms with Crippen LogP contribution in [0.4, 0.5) is 5.69 Å². The molecule has 4 nitrogen and oxygen atoms in total. The lowest BCUT2D eigenvalue weighted by atomic mass is 10.0. The number of hydrazone groups is 1. The third-order valence-electron chi connectivity index (χ3n) is 4.96. The molecule has 30 heavy (non-hydrogen) atoms. The van der Waals surface area contributed by atoms with Gasteiger partial charge in [0.1, 0.15) is 0 Å². The Labute approximate surface area is 187 Å². The van der Waals surface area contributed by atoms with Crippen molar-refractivity contribution in [1.29, 1.82) is 0 Å². The third-order valence-corrected chi connectivity index (χ3v) is 5.65. The molecule has 0 saturated heterocycles. The van der Waals surface area contributed by atoms with E-state index in [4.69, 9.17) is 0 Å². The Morgan fingerprint density at radius 1 is 0.967 bits per heavy atom. The average Bonchev–Trinajstić information content (AvgIpc) is 2.76. The maximum atomic E-state index is 12.4. The van der Waals surface area contributed by atoms with Crippen molar-refractivity contribution >= 4 is 44.5 Å². The number of amides is 1. The van der Waals surface area contributed by atoms with Crippen LogP contribution in [-0.2, 0) is 11.2 Å². The van der Waals surface area contributed by atoms with Crippen LogP contribution in [0, 0.1) is 0 Å². The minimum Gasteiger partial charge on any atom is -0.372 e. The number of hydrogen-bond acceptors (Lipinski definition) is 3. The molecule has 156 valence electrons. The van der Waals surface area contributed by atoms with Crippen molar-refractivity contribution in [3.8, 4) is 0 Å². The fraction of sp³-hybridized carbons (Fsp3) is 0.280. The number of nitrogens with one attached hydrogen (secondary N) is 1. The van der Waals surface area contributed by atoms with Gasteiger partial charge in [-0.25, -0.2) is 5.43 Å². The van der Waals surface area contributed by atoms with Crippen LogP contribution in [0.25, 0.3) is 10.8 Å². The van der Waals surface area contributed by atoms with Gasteiger partial charge in [-0.3, -0.25) is 4.79 Å². The summed E-state index contributed by atoms with van der Waals surface area (Å²) in [6.45, 7) is 6.51. The second-order valence-corrected chi connectivity index (χ2v) is 8.15. The maximum absolute atomic E-state index is 12.4. The Hall–Kier alpha value is -2.66. The highest BCUT2D eigenvalue weighted by Gasteiger charge is 2.08. The van der Waals surface area contributed by atoms with Crippen LogP contribution in [0.15, 0.2) is 70.2 Å². The Morgan fingerprint density at radius 2 is 1.63 bits per heavy atom. The summed E-state index contributed by atoms with van der Waals surface area (Å²) in [5.41, 5.74) is 5.81. The highest BCUT2D eigenvalue weighted by atomic mass is 79.9. The van der Waals surface area contributed by atoms with E-state index in [9.17, 15) is 4.79 Å². The number of hydrogen-bond donors (Lipinski definition) is 1. The molecule has 0 aliphatic carbocycles. The molecule has 0 aromatic heterocycles. The molecule has 5 heteroatoms.